The van der Waals surface area contributed by atoms with Gasteiger partial charge in [0.15, 0.2) is 5.75 Å². The van der Waals surface area contributed by atoms with Gasteiger partial charge in [0, 0.05) is 0 Å². The van der Waals surface area contributed by atoms with E-state index in [1.165, 1.54) is 0 Å². The summed E-state index contributed by atoms with van der Waals surface area (Å²) in [5, 5.41) is 0. The number of carbonyl (C=O) groups is 1. The van der Waals surface area contributed by atoms with Crippen LogP contribution in [0, 0.1) is 0 Å². The van der Waals surface area contributed by atoms with Crippen molar-refractivity contribution in [2.45, 2.75) is 52.7 Å². The molecule has 0 saturated carbocycles. The van der Waals surface area contributed by atoms with E-state index >= 15 is 0 Å². The predicted molar refractivity (Wildman–Crippen MR) is 66.7 cm³/mol. The Bertz CT molecular complexity index is 512. The maximum Gasteiger partial charge on any atom is 0.311 e. The summed E-state index contributed by atoms with van der Waals surface area (Å²) in [7, 11) is 0. The van der Waals surface area contributed by atoms with Gasteiger partial charge in [0.25, 0.3) is 5.43 Å². The van der Waals surface area contributed by atoms with E-state index < -0.39 is 22.4 Å². The second-order valence-electron chi connectivity index (χ2n) is 5.40. The molecule has 0 aliphatic heterocycles. The molecular weight excluding hydrogens is 236 g/mol. The largest absolute Gasteiger partial charge is 0.486 e. The molecule has 0 bridgehead atoms. The number of hydrogen-bond acceptors (Lipinski definition) is 5. The van der Waals surface area contributed by atoms with Gasteiger partial charge in [-0.05, 0) is 34.6 Å². The van der Waals surface area contributed by atoms with Crippen LogP contribution in [0.25, 0.3) is 0 Å². The molecule has 0 atom stereocenters. The normalized spacial score (nSPS) is 11.9. The van der Waals surface area contributed by atoms with Gasteiger partial charge in [-0.3, -0.25) is 14.4 Å². The van der Waals surface area contributed by atoms with Crippen molar-refractivity contribution < 1.29 is 14.3 Å². The van der Waals surface area contributed by atoms with Gasteiger partial charge in [0.05, 0.1) is 18.1 Å². The predicted octanol–water partition coefficient (Wildman–Crippen LogP) is 0.954. The van der Waals surface area contributed by atoms with Crippen molar-refractivity contribution in [3.63, 3.8) is 0 Å². The Morgan fingerprint density at radius 2 is 1.72 bits per heavy atom. The molecule has 0 heterocycles. The maximum atomic E-state index is 11.6. The van der Waals surface area contributed by atoms with Crippen molar-refractivity contribution >= 4 is 5.97 Å². The Morgan fingerprint density at radius 3 is 2.17 bits per heavy atom. The van der Waals surface area contributed by atoms with E-state index in [4.69, 9.17) is 9.47 Å². The quantitative estimate of drug-likeness (QED) is 0.591. The fourth-order valence-electron chi connectivity index (χ4n) is 1.46. The van der Waals surface area contributed by atoms with Crippen LogP contribution >= 0.6 is 0 Å². The smallest absolute Gasteiger partial charge is 0.311 e. The highest BCUT2D eigenvalue weighted by Crippen LogP contribution is 2.16. The zero-order valence-electron chi connectivity index (χ0n) is 11.3. The molecule has 18 heavy (non-hydrogen) atoms. The van der Waals surface area contributed by atoms with Crippen LogP contribution in [-0.4, -0.2) is 17.7 Å². The molecule has 0 aliphatic rings. The van der Waals surface area contributed by atoms with Crippen molar-refractivity contribution in [2.75, 3.05) is 0 Å². The Hall–Kier alpha value is -1.65. The molecule has 5 heteroatoms. The van der Waals surface area contributed by atoms with Crippen LogP contribution in [0.1, 0.15) is 40.2 Å². The lowest BCUT2D eigenvalue weighted by Gasteiger charge is -2.20. The van der Waals surface area contributed by atoms with Crippen LogP contribution in [0.2, 0.25) is 0 Å². The first-order valence-electron chi connectivity index (χ1n) is 5.82. The molecule has 1 aromatic rings. The first-order chi connectivity index (χ1) is 8.11. The van der Waals surface area contributed by atoms with Crippen molar-refractivity contribution in [1.29, 1.82) is 0 Å². The zero-order chi connectivity index (χ0) is 14.1. The van der Waals surface area contributed by atoms with Crippen LogP contribution in [-0.2, 0) is 16.0 Å². The van der Waals surface area contributed by atoms with Gasteiger partial charge in [-0.2, -0.15) is 0 Å². The van der Waals surface area contributed by atoms with Crippen LogP contribution in [0.15, 0.2) is 9.59 Å². The van der Waals surface area contributed by atoms with E-state index in [2.05, 4.69) is 0 Å². The van der Waals surface area contributed by atoms with Crippen molar-refractivity contribution in [2.24, 2.45) is 0 Å². The van der Waals surface area contributed by atoms with Gasteiger partial charge in [0.1, 0.15) is 5.60 Å². The molecule has 0 amide bonds. The summed E-state index contributed by atoms with van der Waals surface area (Å²) in [5.74, 6) is -0.538. The van der Waals surface area contributed by atoms with E-state index in [1.807, 2.05) is 0 Å². The first kappa shape index (κ1) is 14.4. The molecule has 0 radical (unpaired) electrons. The number of hydrogen-bond donors (Lipinski definition) is 0. The van der Waals surface area contributed by atoms with Gasteiger partial charge in [0.2, 0.25) is 5.43 Å². The minimum Gasteiger partial charge on any atom is -0.486 e. The molecule has 0 N–H and O–H groups in total. The Balaban J connectivity index is 2.80. The highest BCUT2D eigenvalue weighted by atomic mass is 16.6. The molecule has 1 rings (SSSR count). The zero-order valence-corrected chi connectivity index (χ0v) is 11.3. The van der Waals surface area contributed by atoms with E-state index in [0.717, 1.165) is 0 Å². The summed E-state index contributed by atoms with van der Waals surface area (Å²) >= 11 is 0. The number of carbonyl (C=O) groups excluding carboxylic acids is 1. The average Bonchev–Trinajstić information content (AvgIpc) is 2.19. The Morgan fingerprint density at radius 1 is 1.17 bits per heavy atom. The van der Waals surface area contributed by atoms with Gasteiger partial charge in [-0.25, -0.2) is 0 Å². The molecule has 0 aliphatic carbocycles. The standard InChI is InChI=1S/C13H18O5/c1-7(2)17-12-8(10(15)11(12)16)6-9(14)18-13(3,4)5/h7H,6H2,1-5H3. The highest BCUT2D eigenvalue weighted by Gasteiger charge is 2.27. The average molecular weight is 254 g/mol. The number of ether oxygens (including phenoxy) is 2. The lowest BCUT2D eigenvalue weighted by atomic mass is 10.1. The molecule has 5 nitrogen and oxygen atoms in total. The van der Waals surface area contributed by atoms with Crippen LogP contribution < -0.4 is 15.6 Å². The summed E-state index contributed by atoms with van der Waals surface area (Å²) in [6, 6.07) is 0. The topological polar surface area (TPSA) is 69.7 Å². The molecule has 0 unspecified atom stereocenters. The summed E-state index contributed by atoms with van der Waals surface area (Å²) < 4.78 is 10.3. The lowest BCUT2D eigenvalue weighted by molar-refractivity contribution is -0.154. The summed E-state index contributed by atoms with van der Waals surface area (Å²) in [6.45, 7) is 8.69. The second-order valence-corrected chi connectivity index (χ2v) is 5.40. The second kappa shape index (κ2) is 4.92. The molecule has 0 aromatic heterocycles. The Labute approximate surface area is 105 Å². The van der Waals surface area contributed by atoms with E-state index in [-0.39, 0.29) is 23.8 Å². The first-order valence-corrected chi connectivity index (χ1v) is 5.82. The third kappa shape index (κ3) is 3.42. The maximum absolute atomic E-state index is 11.6. The molecule has 100 valence electrons. The highest BCUT2D eigenvalue weighted by molar-refractivity contribution is 5.74. The minimum absolute atomic E-state index is 0.000796. The van der Waals surface area contributed by atoms with Gasteiger partial charge in [-0.1, -0.05) is 0 Å². The molecule has 1 aromatic carbocycles. The fourth-order valence-corrected chi connectivity index (χ4v) is 1.46. The summed E-state index contributed by atoms with van der Waals surface area (Å²) in [6.07, 6.45) is -0.435. The van der Waals surface area contributed by atoms with Crippen molar-refractivity contribution in [3.05, 3.63) is 26.0 Å². The SMILES string of the molecule is CC(C)Oc1c(CC(=O)OC(C)(C)C)c(=O)c1=O. The molecule has 0 fully saturated rings. The van der Waals surface area contributed by atoms with E-state index in [0.29, 0.717) is 0 Å². The summed E-state index contributed by atoms with van der Waals surface area (Å²) in [4.78, 5) is 34.2. The van der Waals surface area contributed by atoms with Gasteiger partial charge >= 0.3 is 5.97 Å². The van der Waals surface area contributed by atoms with Crippen LogP contribution in [0.4, 0.5) is 0 Å². The monoisotopic (exact) mass is 254 g/mol. The Kier molecular flexibility index (Phi) is 3.94. The van der Waals surface area contributed by atoms with Gasteiger partial charge < -0.3 is 9.47 Å². The van der Waals surface area contributed by atoms with Crippen LogP contribution in [0.5, 0.6) is 5.75 Å². The van der Waals surface area contributed by atoms with E-state index in [1.54, 1.807) is 34.6 Å². The van der Waals surface area contributed by atoms with E-state index in [9.17, 15) is 14.4 Å². The van der Waals surface area contributed by atoms with Crippen molar-refractivity contribution in [3.8, 4) is 5.75 Å². The molecule has 0 spiro atoms. The minimum atomic E-state index is -0.665. The third-order valence-electron chi connectivity index (χ3n) is 2.06. The summed E-state index contributed by atoms with van der Waals surface area (Å²) in [5.41, 5.74) is -1.82. The molecular formula is C13H18O5. The number of esters is 1. The van der Waals surface area contributed by atoms with Crippen LogP contribution in [0.3, 0.4) is 0 Å². The lowest BCUT2D eigenvalue weighted by Crippen LogP contribution is -2.39. The number of rotatable bonds is 4. The van der Waals surface area contributed by atoms with Crippen molar-refractivity contribution in [1.82, 2.24) is 0 Å². The molecule has 0 saturated heterocycles. The third-order valence-corrected chi connectivity index (χ3v) is 2.06. The van der Waals surface area contributed by atoms with Gasteiger partial charge in [-0.15, -0.1) is 0 Å². The fraction of sp³-hybridized carbons (Fsp3) is 0.615.